The Kier molecular flexibility index (Phi) is 8.17. The summed E-state index contributed by atoms with van der Waals surface area (Å²) < 4.78 is 133. The van der Waals surface area contributed by atoms with Gasteiger partial charge in [-0.05, 0) is 71.7 Å². The van der Waals surface area contributed by atoms with E-state index in [1.165, 1.54) is 13.8 Å². The molecule has 0 aliphatic carbocycles. The highest BCUT2D eigenvalue weighted by atomic mass is 32.3. The molecule has 3 aromatic carbocycles. The molecule has 0 fully saturated rings. The molecular formula is C23H19F7O5S2. The van der Waals surface area contributed by atoms with E-state index in [0.717, 1.165) is 12.1 Å². The number of aryl methyl sites for hydroxylation is 2. The molecule has 0 aliphatic heterocycles. The van der Waals surface area contributed by atoms with Crippen LogP contribution in [0.5, 0.6) is 5.75 Å². The zero-order chi connectivity index (χ0) is 27.8. The van der Waals surface area contributed by atoms with Crippen molar-refractivity contribution in [2.24, 2.45) is 0 Å². The van der Waals surface area contributed by atoms with Crippen molar-refractivity contribution in [3.8, 4) is 5.75 Å². The monoisotopic (exact) mass is 572 g/mol. The minimum atomic E-state index is -6.52. The lowest BCUT2D eigenvalue weighted by Gasteiger charge is -2.40. The van der Waals surface area contributed by atoms with Crippen LogP contribution in [-0.2, 0) is 13.7 Å². The average Bonchev–Trinajstić information content (AvgIpc) is 2.74. The van der Waals surface area contributed by atoms with E-state index < -0.39 is 59.0 Å². The summed E-state index contributed by atoms with van der Waals surface area (Å²) in [5, 5.41) is 9.04. The number of hydrogen-bond acceptors (Lipinski definition) is 5. The van der Waals surface area contributed by atoms with E-state index in [0.29, 0.717) is 36.4 Å². The fraction of sp³-hybridized carbons (Fsp3) is 0.217. The van der Waals surface area contributed by atoms with Gasteiger partial charge in [-0.1, -0.05) is 0 Å². The molecule has 0 heterocycles. The summed E-state index contributed by atoms with van der Waals surface area (Å²) in [6, 6.07) is 5.07. The Morgan fingerprint density at radius 2 is 1.11 bits per heavy atom. The number of halogens is 7. The summed E-state index contributed by atoms with van der Waals surface area (Å²) in [7, 11) is -10.9. The SMILES string of the molecule is Cc1cc(S(OS(=O)(=O)C(F)(F)F)(c2cc(F)cc(F)c2)c2cc(F)cc(F)c2)cc(C)c1OCCO. The minimum absolute atomic E-state index is 0.164. The summed E-state index contributed by atoms with van der Waals surface area (Å²) in [5.74, 6) is -5.08. The van der Waals surface area contributed by atoms with Gasteiger partial charge >= 0.3 is 15.6 Å². The molecule has 0 atom stereocenters. The molecule has 0 aromatic heterocycles. The second-order valence-corrected chi connectivity index (χ2v) is 12.1. The quantitative estimate of drug-likeness (QED) is 0.254. The summed E-state index contributed by atoms with van der Waals surface area (Å²) in [5.41, 5.74) is -5.61. The van der Waals surface area contributed by atoms with E-state index in [2.05, 4.69) is 0 Å². The Morgan fingerprint density at radius 3 is 1.46 bits per heavy atom. The maximum Gasteiger partial charge on any atom is 0.524 e. The third-order valence-corrected chi connectivity index (χ3v) is 9.71. The van der Waals surface area contributed by atoms with Gasteiger partial charge in [0.1, 0.15) is 35.6 Å². The van der Waals surface area contributed by atoms with Crippen LogP contribution in [0, 0.1) is 37.1 Å². The number of aliphatic hydroxyl groups excluding tert-OH is 1. The van der Waals surface area contributed by atoms with E-state index in [1.54, 1.807) is 0 Å². The number of hydrogen-bond donors (Lipinski definition) is 1. The van der Waals surface area contributed by atoms with Crippen LogP contribution < -0.4 is 4.74 Å². The molecule has 0 radical (unpaired) electrons. The van der Waals surface area contributed by atoms with Crippen LogP contribution >= 0.6 is 10.3 Å². The number of benzene rings is 3. The molecule has 0 saturated heterocycles. The van der Waals surface area contributed by atoms with Crippen LogP contribution in [-0.4, -0.2) is 32.2 Å². The van der Waals surface area contributed by atoms with Crippen molar-refractivity contribution >= 4 is 20.4 Å². The van der Waals surface area contributed by atoms with Gasteiger partial charge in [-0.2, -0.15) is 25.2 Å². The average molecular weight is 573 g/mol. The molecule has 0 aliphatic rings. The van der Waals surface area contributed by atoms with E-state index in [1.807, 2.05) is 0 Å². The maximum absolute atomic E-state index is 14.3. The third kappa shape index (κ3) is 5.87. The molecule has 5 nitrogen and oxygen atoms in total. The lowest BCUT2D eigenvalue weighted by molar-refractivity contribution is -0.0496. The van der Waals surface area contributed by atoms with Crippen LogP contribution in [0.15, 0.2) is 63.2 Å². The predicted octanol–water partition coefficient (Wildman–Crippen LogP) is 6.29. The fourth-order valence-electron chi connectivity index (χ4n) is 3.54. The van der Waals surface area contributed by atoms with E-state index >= 15 is 0 Å². The van der Waals surface area contributed by atoms with Gasteiger partial charge < -0.3 is 9.84 Å². The normalized spacial score (nSPS) is 13.0. The van der Waals surface area contributed by atoms with Crippen LogP contribution in [0.2, 0.25) is 0 Å². The first-order chi connectivity index (χ1) is 17.1. The number of rotatable bonds is 8. The fourth-order valence-corrected chi connectivity index (χ4v) is 8.48. The molecule has 0 saturated carbocycles. The maximum atomic E-state index is 14.3. The summed E-state index contributed by atoms with van der Waals surface area (Å²) >= 11 is 0. The summed E-state index contributed by atoms with van der Waals surface area (Å²) in [6.07, 6.45) is 0. The topological polar surface area (TPSA) is 72.8 Å². The van der Waals surface area contributed by atoms with Crippen molar-refractivity contribution in [3.05, 3.63) is 82.9 Å². The Hall–Kier alpha value is -2.81. The Morgan fingerprint density at radius 1 is 0.730 bits per heavy atom. The van der Waals surface area contributed by atoms with Gasteiger partial charge in [-0.15, -0.1) is 0 Å². The number of alkyl halides is 3. The van der Waals surface area contributed by atoms with Crippen molar-refractivity contribution in [1.82, 2.24) is 0 Å². The lowest BCUT2D eigenvalue weighted by atomic mass is 10.1. The van der Waals surface area contributed by atoms with Crippen molar-refractivity contribution in [2.45, 2.75) is 34.0 Å². The van der Waals surface area contributed by atoms with Gasteiger partial charge in [-0.25, -0.2) is 17.6 Å². The Balaban J connectivity index is 2.53. The van der Waals surface area contributed by atoms with Gasteiger partial charge in [0, 0.05) is 26.8 Å². The smallest absolute Gasteiger partial charge is 0.491 e. The number of ether oxygens (including phenoxy) is 1. The first-order valence-corrected chi connectivity index (χ1v) is 13.2. The molecule has 1 N–H and O–H groups in total. The molecule has 3 aromatic rings. The molecule has 0 spiro atoms. The Labute approximate surface area is 209 Å². The molecule has 3 rings (SSSR count). The predicted molar refractivity (Wildman–Crippen MR) is 120 cm³/mol. The highest BCUT2D eigenvalue weighted by molar-refractivity contribution is 8.33. The first-order valence-electron chi connectivity index (χ1n) is 10.2. The summed E-state index contributed by atoms with van der Waals surface area (Å²) in [4.78, 5) is -1.90. The van der Waals surface area contributed by atoms with Crippen molar-refractivity contribution in [1.29, 1.82) is 0 Å². The molecule has 0 amide bonds. The third-order valence-electron chi connectivity index (χ3n) is 4.91. The van der Waals surface area contributed by atoms with Gasteiger partial charge in [0.2, 0.25) is 0 Å². The van der Waals surface area contributed by atoms with E-state index in [4.69, 9.17) is 13.5 Å². The standard InChI is InChI=1S/C23H19F7O5S2/c1-13-5-19(6-14(2)22(13)34-4-3-31)36(35-37(32,33)23(28,29)30,20-9-15(24)7-16(25)10-20)21-11-17(26)8-18(27)12-21/h5-12,31H,3-4H2,1-2H3. The van der Waals surface area contributed by atoms with Crippen LogP contribution in [0.4, 0.5) is 30.7 Å². The van der Waals surface area contributed by atoms with Gasteiger partial charge in [0.15, 0.2) is 0 Å². The lowest BCUT2D eigenvalue weighted by Crippen LogP contribution is -2.27. The van der Waals surface area contributed by atoms with E-state index in [9.17, 15) is 39.2 Å². The molecule has 14 heteroatoms. The largest absolute Gasteiger partial charge is 0.524 e. The molecule has 0 bridgehead atoms. The second kappa shape index (κ2) is 10.5. The molecule has 202 valence electrons. The van der Waals surface area contributed by atoms with Crippen LogP contribution in [0.25, 0.3) is 0 Å². The molecule has 37 heavy (non-hydrogen) atoms. The molecular weight excluding hydrogens is 553 g/mol. The van der Waals surface area contributed by atoms with E-state index in [-0.39, 0.29) is 35.0 Å². The van der Waals surface area contributed by atoms with Crippen molar-refractivity contribution in [2.75, 3.05) is 13.2 Å². The highest BCUT2D eigenvalue weighted by Crippen LogP contribution is 2.71. The van der Waals surface area contributed by atoms with Crippen LogP contribution in [0.1, 0.15) is 11.1 Å². The minimum Gasteiger partial charge on any atom is -0.491 e. The highest BCUT2D eigenvalue weighted by Gasteiger charge is 2.53. The first kappa shape index (κ1) is 28.8. The summed E-state index contributed by atoms with van der Waals surface area (Å²) in [6.45, 7) is 2.30. The zero-order valence-electron chi connectivity index (χ0n) is 19.1. The Bertz CT molecular complexity index is 1310. The van der Waals surface area contributed by atoms with Crippen molar-refractivity contribution in [3.63, 3.8) is 0 Å². The van der Waals surface area contributed by atoms with Gasteiger partial charge in [0.05, 0.1) is 6.61 Å². The van der Waals surface area contributed by atoms with Gasteiger partial charge in [-0.3, -0.25) is 0 Å². The van der Waals surface area contributed by atoms with Crippen LogP contribution in [0.3, 0.4) is 0 Å². The molecule has 0 unspecified atom stereocenters. The van der Waals surface area contributed by atoms with Gasteiger partial charge in [0.25, 0.3) is 0 Å². The van der Waals surface area contributed by atoms with Crippen molar-refractivity contribution < 1.29 is 52.6 Å². The zero-order valence-corrected chi connectivity index (χ0v) is 20.7. The number of aliphatic hydroxyl groups is 1. The second-order valence-electron chi connectivity index (χ2n) is 7.69.